The van der Waals surface area contributed by atoms with Crippen molar-refractivity contribution in [1.29, 1.82) is 0 Å². The van der Waals surface area contributed by atoms with Gasteiger partial charge in [-0.1, -0.05) is 0 Å². The lowest BCUT2D eigenvalue weighted by Gasteiger charge is -2.25. The van der Waals surface area contributed by atoms with Crippen LogP contribution in [0.4, 0.5) is 4.79 Å². The van der Waals surface area contributed by atoms with Gasteiger partial charge in [0.05, 0.1) is 6.10 Å². The molecule has 1 saturated heterocycles. The molecule has 17 heavy (non-hydrogen) atoms. The van der Waals surface area contributed by atoms with Crippen molar-refractivity contribution in [2.45, 2.75) is 51.7 Å². The number of hydrogen-bond donors (Lipinski definition) is 1. The lowest BCUT2D eigenvalue weighted by Crippen LogP contribution is -2.48. The molecule has 0 aromatic heterocycles. The molecule has 0 aromatic carbocycles. The van der Waals surface area contributed by atoms with E-state index in [0.29, 0.717) is 0 Å². The van der Waals surface area contributed by atoms with Crippen LogP contribution in [0.2, 0.25) is 0 Å². The number of amides is 2. The highest BCUT2D eigenvalue weighted by Crippen LogP contribution is 2.30. The van der Waals surface area contributed by atoms with Gasteiger partial charge in [-0.2, -0.15) is 0 Å². The summed E-state index contributed by atoms with van der Waals surface area (Å²) in [4.78, 5) is 13.8. The van der Waals surface area contributed by atoms with Crippen molar-refractivity contribution in [2.75, 3.05) is 19.7 Å². The molecule has 2 aliphatic rings. The van der Waals surface area contributed by atoms with Gasteiger partial charge in [0.1, 0.15) is 0 Å². The molecule has 2 rings (SSSR count). The van der Waals surface area contributed by atoms with Gasteiger partial charge in [0.2, 0.25) is 0 Å². The molecule has 1 aliphatic heterocycles. The van der Waals surface area contributed by atoms with Crippen LogP contribution < -0.4 is 5.32 Å². The Balaban J connectivity index is 1.70. The summed E-state index contributed by atoms with van der Waals surface area (Å²) in [6, 6.07) is 0.0371. The molecule has 4 heteroatoms. The zero-order chi connectivity index (χ0) is 12.5. The Morgan fingerprint density at radius 1 is 1.35 bits per heavy atom. The Kier molecular flexibility index (Phi) is 3.61. The lowest BCUT2D eigenvalue weighted by atomic mass is 10.1. The molecule has 0 spiro atoms. The number of urea groups is 1. The van der Waals surface area contributed by atoms with Gasteiger partial charge in [0.15, 0.2) is 0 Å². The third kappa shape index (κ3) is 4.19. The summed E-state index contributed by atoms with van der Waals surface area (Å²) in [6.07, 6.45) is 3.87. The maximum absolute atomic E-state index is 11.9. The fourth-order valence-electron chi connectivity index (χ4n) is 2.01. The maximum Gasteiger partial charge on any atom is 0.317 e. The maximum atomic E-state index is 11.9. The smallest absolute Gasteiger partial charge is 0.317 e. The standard InChI is InChI=1S/C13H24N2O2/c1-13(2,3)14-12(16)15-7-6-11(8-15)17-9-10-4-5-10/h10-11H,4-9H2,1-3H3,(H,14,16). The van der Waals surface area contributed by atoms with Crippen LogP contribution in [-0.2, 0) is 4.74 Å². The van der Waals surface area contributed by atoms with Crippen LogP contribution in [0.15, 0.2) is 0 Å². The Hall–Kier alpha value is -0.770. The molecule has 0 bridgehead atoms. The third-order valence-corrected chi connectivity index (χ3v) is 3.18. The van der Waals surface area contributed by atoms with Crippen LogP contribution in [-0.4, -0.2) is 42.3 Å². The molecule has 1 saturated carbocycles. The molecular weight excluding hydrogens is 216 g/mol. The van der Waals surface area contributed by atoms with Crippen LogP contribution in [0, 0.1) is 5.92 Å². The molecule has 1 atom stereocenters. The van der Waals surface area contributed by atoms with Gasteiger partial charge in [-0.05, 0) is 46.0 Å². The SMILES string of the molecule is CC(C)(C)NC(=O)N1CCC(OCC2CC2)C1. The molecule has 2 fully saturated rings. The van der Waals surface area contributed by atoms with E-state index in [1.807, 2.05) is 25.7 Å². The van der Waals surface area contributed by atoms with Crippen LogP contribution in [0.1, 0.15) is 40.0 Å². The van der Waals surface area contributed by atoms with E-state index >= 15 is 0 Å². The summed E-state index contributed by atoms with van der Waals surface area (Å²) in [5.74, 6) is 0.799. The molecular formula is C13H24N2O2. The highest BCUT2D eigenvalue weighted by molar-refractivity contribution is 5.75. The molecule has 98 valence electrons. The quantitative estimate of drug-likeness (QED) is 0.819. The van der Waals surface area contributed by atoms with E-state index in [1.165, 1.54) is 12.8 Å². The normalized spacial score (nSPS) is 25.1. The largest absolute Gasteiger partial charge is 0.376 e. The van der Waals surface area contributed by atoms with Crippen molar-refractivity contribution in [2.24, 2.45) is 5.92 Å². The first-order valence-corrected chi connectivity index (χ1v) is 6.63. The lowest BCUT2D eigenvalue weighted by molar-refractivity contribution is 0.0536. The van der Waals surface area contributed by atoms with Crippen molar-refractivity contribution in [3.63, 3.8) is 0 Å². The summed E-state index contributed by atoms with van der Waals surface area (Å²) in [5, 5.41) is 2.99. The first kappa shape index (κ1) is 12.7. The van der Waals surface area contributed by atoms with Crippen LogP contribution in [0.5, 0.6) is 0 Å². The number of hydrogen-bond acceptors (Lipinski definition) is 2. The minimum absolute atomic E-state index is 0.0371. The van der Waals surface area contributed by atoms with Crippen LogP contribution in [0.3, 0.4) is 0 Å². The average molecular weight is 240 g/mol. The molecule has 2 amide bonds. The Morgan fingerprint density at radius 3 is 2.65 bits per heavy atom. The van der Waals surface area contributed by atoms with Gasteiger partial charge < -0.3 is 15.0 Å². The second-order valence-corrected chi connectivity index (χ2v) is 6.31. The molecule has 1 heterocycles. The van der Waals surface area contributed by atoms with Gasteiger partial charge in [-0.3, -0.25) is 0 Å². The fraction of sp³-hybridized carbons (Fsp3) is 0.923. The number of nitrogens with zero attached hydrogens (tertiary/aromatic N) is 1. The second-order valence-electron chi connectivity index (χ2n) is 6.31. The average Bonchev–Trinajstić information content (AvgIpc) is 2.90. The zero-order valence-corrected chi connectivity index (χ0v) is 11.2. The van der Waals surface area contributed by atoms with E-state index < -0.39 is 0 Å². The van der Waals surface area contributed by atoms with Crippen LogP contribution >= 0.6 is 0 Å². The molecule has 1 N–H and O–H groups in total. The Morgan fingerprint density at radius 2 is 2.06 bits per heavy atom. The summed E-state index contributed by atoms with van der Waals surface area (Å²) < 4.78 is 5.82. The minimum atomic E-state index is -0.163. The number of carbonyl (C=O) groups is 1. The van der Waals surface area contributed by atoms with Crippen molar-refractivity contribution in [1.82, 2.24) is 10.2 Å². The predicted molar refractivity (Wildman–Crippen MR) is 66.9 cm³/mol. The highest BCUT2D eigenvalue weighted by atomic mass is 16.5. The van der Waals surface area contributed by atoms with Gasteiger partial charge >= 0.3 is 6.03 Å². The molecule has 0 radical (unpaired) electrons. The van der Waals surface area contributed by atoms with E-state index in [0.717, 1.165) is 32.0 Å². The Bertz CT molecular complexity index is 282. The van der Waals surface area contributed by atoms with E-state index in [4.69, 9.17) is 4.74 Å². The second kappa shape index (κ2) is 4.84. The van der Waals surface area contributed by atoms with E-state index in [1.54, 1.807) is 0 Å². The fourth-order valence-corrected chi connectivity index (χ4v) is 2.01. The molecule has 1 aliphatic carbocycles. The van der Waals surface area contributed by atoms with Crippen molar-refractivity contribution < 1.29 is 9.53 Å². The summed E-state index contributed by atoms with van der Waals surface area (Å²) in [5.41, 5.74) is -0.163. The van der Waals surface area contributed by atoms with Crippen LogP contribution in [0.25, 0.3) is 0 Å². The number of carbonyl (C=O) groups excluding carboxylic acids is 1. The summed E-state index contributed by atoms with van der Waals surface area (Å²) in [7, 11) is 0. The van der Waals surface area contributed by atoms with Gasteiger partial charge in [0, 0.05) is 25.2 Å². The number of rotatable bonds is 3. The first-order valence-electron chi connectivity index (χ1n) is 6.63. The molecule has 0 aromatic rings. The molecule has 4 nitrogen and oxygen atoms in total. The number of ether oxygens (including phenoxy) is 1. The third-order valence-electron chi connectivity index (χ3n) is 3.18. The number of nitrogens with one attached hydrogen (secondary N) is 1. The minimum Gasteiger partial charge on any atom is -0.376 e. The van der Waals surface area contributed by atoms with E-state index in [-0.39, 0.29) is 17.7 Å². The number of likely N-dealkylation sites (tertiary alicyclic amines) is 1. The van der Waals surface area contributed by atoms with Gasteiger partial charge in [0.25, 0.3) is 0 Å². The van der Waals surface area contributed by atoms with E-state index in [9.17, 15) is 4.79 Å². The van der Waals surface area contributed by atoms with E-state index in [2.05, 4.69) is 5.32 Å². The van der Waals surface area contributed by atoms with Gasteiger partial charge in [-0.15, -0.1) is 0 Å². The highest BCUT2D eigenvalue weighted by Gasteiger charge is 2.30. The molecule has 1 unspecified atom stereocenters. The summed E-state index contributed by atoms with van der Waals surface area (Å²) in [6.45, 7) is 8.46. The summed E-state index contributed by atoms with van der Waals surface area (Å²) >= 11 is 0. The van der Waals surface area contributed by atoms with Crippen molar-refractivity contribution in [3.05, 3.63) is 0 Å². The van der Waals surface area contributed by atoms with Crippen molar-refractivity contribution in [3.8, 4) is 0 Å². The predicted octanol–water partition coefficient (Wildman–Crippen LogP) is 2.00. The zero-order valence-electron chi connectivity index (χ0n) is 11.2. The monoisotopic (exact) mass is 240 g/mol. The first-order chi connectivity index (χ1) is 7.94. The topological polar surface area (TPSA) is 41.6 Å². The van der Waals surface area contributed by atoms with Gasteiger partial charge in [-0.25, -0.2) is 4.79 Å². The van der Waals surface area contributed by atoms with Crippen molar-refractivity contribution >= 4 is 6.03 Å². The Labute approximate surface area is 104 Å².